The van der Waals surface area contributed by atoms with Crippen molar-refractivity contribution in [2.45, 2.75) is 38.5 Å². The van der Waals surface area contributed by atoms with Crippen LogP contribution in [-0.4, -0.2) is 38.0 Å². The average Bonchev–Trinajstić information content (AvgIpc) is 3.22. The SMILES string of the molecule is O=C(NCCNC(=O)[C@@]12CCCC[C@H]1CNC2)C1CC1. The standard InChI is InChI=1S/C15H25N3O2/c19-13(11-4-5-11)17-7-8-18-14(20)15-6-2-1-3-12(15)9-16-10-15/h11-12,16H,1-10H2,(H,17,19)(H,18,20)/t12-,15+/m0/s1. The van der Waals surface area contributed by atoms with Gasteiger partial charge >= 0.3 is 0 Å². The first-order chi connectivity index (χ1) is 9.72. The molecule has 0 spiro atoms. The molecule has 0 aromatic rings. The Hall–Kier alpha value is -1.10. The number of amides is 2. The highest BCUT2D eigenvalue weighted by atomic mass is 16.2. The van der Waals surface area contributed by atoms with Gasteiger partial charge in [-0.25, -0.2) is 0 Å². The van der Waals surface area contributed by atoms with Crippen molar-refractivity contribution in [2.24, 2.45) is 17.3 Å². The van der Waals surface area contributed by atoms with Gasteiger partial charge in [0.15, 0.2) is 0 Å². The van der Waals surface area contributed by atoms with Crippen LogP contribution in [0.3, 0.4) is 0 Å². The molecule has 2 aliphatic carbocycles. The van der Waals surface area contributed by atoms with Crippen molar-refractivity contribution >= 4 is 11.8 Å². The molecule has 5 heteroatoms. The van der Waals surface area contributed by atoms with Gasteiger partial charge in [-0.3, -0.25) is 9.59 Å². The van der Waals surface area contributed by atoms with Crippen molar-refractivity contribution < 1.29 is 9.59 Å². The second-order valence-electron chi connectivity index (χ2n) is 6.55. The van der Waals surface area contributed by atoms with E-state index in [-0.39, 0.29) is 23.1 Å². The number of fused-ring (bicyclic) bond motifs is 1. The van der Waals surface area contributed by atoms with Gasteiger partial charge in [-0.1, -0.05) is 12.8 Å². The highest BCUT2D eigenvalue weighted by Gasteiger charge is 2.49. The Kier molecular flexibility index (Phi) is 3.96. The van der Waals surface area contributed by atoms with E-state index in [1.165, 1.54) is 12.8 Å². The van der Waals surface area contributed by atoms with Crippen LogP contribution in [0.25, 0.3) is 0 Å². The third-order valence-electron chi connectivity index (χ3n) is 5.15. The number of hydrogen-bond acceptors (Lipinski definition) is 3. The topological polar surface area (TPSA) is 70.2 Å². The highest BCUT2D eigenvalue weighted by Crippen LogP contribution is 2.43. The van der Waals surface area contributed by atoms with Crippen LogP contribution < -0.4 is 16.0 Å². The van der Waals surface area contributed by atoms with Crippen LogP contribution in [0, 0.1) is 17.3 Å². The third kappa shape index (κ3) is 2.68. The fourth-order valence-electron chi connectivity index (χ4n) is 3.72. The van der Waals surface area contributed by atoms with Crippen LogP contribution in [0.4, 0.5) is 0 Å². The second-order valence-corrected chi connectivity index (χ2v) is 6.55. The van der Waals surface area contributed by atoms with E-state index in [0.717, 1.165) is 38.8 Å². The van der Waals surface area contributed by atoms with E-state index in [2.05, 4.69) is 16.0 Å². The molecule has 1 aliphatic heterocycles. The van der Waals surface area contributed by atoms with Crippen LogP contribution in [0.15, 0.2) is 0 Å². The first kappa shape index (κ1) is 13.9. The predicted molar refractivity (Wildman–Crippen MR) is 76.0 cm³/mol. The fraction of sp³-hybridized carbons (Fsp3) is 0.867. The molecule has 3 N–H and O–H groups in total. The van der Waals surface area contributed by atoms with Crippen LogP contribution >= 0.6 is 0 Å². The second kappa shape index (κ2) is 5.72. The molecule has 0 bridgehead atoms. The Bertz CT molecular complexity index is 395. The molecule has 0 radical (unpaired) electrons. The van der Waals surface area contributed by atoms with Crippen LogP contribution in [0.1, 0.15) is 38.5 Å². The van der Waals surface area contributed by atoms with E-state index in [0.29, 0.717) is 19.0 Å². The molecule has 2 saturated carbocycles. The molecule has 0 unspecified atom stereocenters. The lowest BCUT2D eigenvalue weighted by Gasteiger charge is -2.37. The number of hydrogen-bond donors (Lipinski definition) is 3. The Labute approximate surface area is 120 Å². The molecule has 20 heavy (non-hydrogen) atoms. The van der Waals surface area contributed by atoms with Gasteiger partial charge in [0.1, 0.15) is 0 Å². The van der Waals surface area contributed by atoms with Gasteiger partial charge in [-0.2, -0.15) is 0 Å². The molecule has 3 fully saturated rings. The first-order valence-corrected chi connectivity index (χ1v) is 7.99. The van der Waals surface area contributed by atoms with E-state index in [1.54, 1.807) is 0 Å². The molecular weight excluding hydrogens is 254 g/mol. The maximum Gasteiger partial charge on any atom is 0.227 e. The van der Waals surface area contributed by atoms with Gasteiger partial charge in [0.05, 0.1) is 5.41 Å². The highest BCUT2D eigenvalue weighted by molar-refractivity contribution is 5.84. The maximum absolute atomic E-state index is 12.5. The Balaban J connectivity index is 1.44. The van der Waals surface area contributed by atoms with Crippen LogP contribution in [-0.2, 0) is 9.59 Å². The van der Waals surface area contributed by atoms with E-state index in [1.807, 2.05) is 0 Å². The molecule has 1 saturated heterocycles. The van der Waals surface area contributed by atoms with Crippen molar-refractivity contribution in [3.8, 4) is 0 Å². The molecule has 2 amide bonds. The van der Waals surface area contributed by atoms with Crippen LogP contribution in [0.2, 0.25) is 0 Å². The summed E-state index contributed by atoms with van der Waals surface area (Å²) in [5.74, 6) is 1.08. The quantitative estimate of drug-likeness (QED) is 0.638. The Morgan fingerprint density at radius 3 is 2.70 bits per heavy atom. The lowest BCUT2D eigenvalue weighted by atomic mass is 9.67. The zero-order chi connectivity index (χ0) is 14.0. The first-order valence-electron chi connectivity index (χ1n) is 7.99. The molecule has 5 nitrogen and oxygen atoms in total. The average molecular weight is 279 g/mol. The molecule has 0 aromatic heterocycles. The van der Waals surface area contributed by atoms with Crippen LogP contribution in [0.5, 0.6) is 0 Å². The summed E-state index contributed by atoms with van der Waals surface area (Å²) in [6.45, 7) is 2.89. The van der Waals surface area contributed by atoms with Gasteiger partial charge in [-0.05, 0) is 38.1 Å². The van der Waals surface area contributed by atoms with E-state index < -0.39 is 0 Å². The molecular formula is C15H25N3O2. The maximum atomic E-state index is 12.5. The molecule has 3 aliphatic rings. The van der Waals surface area contributed by atoms with E-state index in [4.69, 9.17) is 0 Å². The predicted octanol–water partition coefficient (Wildman–Crippen LogP) is 0.409. The van der Waals surface area contributed by atoms with E-state index >= 15 is 0 Å². The molecule has 0 aromatic carbocycles. The van der Waals surface area contributed by atoms with Crippen molar-refractivity contribution in [2.75, 3.05) is 26.2 Å². The summed E-state index contributed by atoms with van der Waals surface area (Å²) in [6.07, 6.45) is 6.62. The minimum atomic E-state index is -0.182. The summed E-state index contributed by atoms with van der Waals surface area (Å²) < 4.78 is 0. The van der Waals surface area contributed by atoms with Crippen molar-refractivity contribution in [3.63, 3.8) is 0 Å². The molecule has 112 valence electrons. The summed E-state index contributed by atoms with van der Waals surface area (Å²) in [5.41, 5.74) is -0.182. The monoisotopic (exact) mass is 279 g/mol. The summed E-state index contributed by atoms with van der Waals surface area (Å²) in [4.78, 5) is 24.0. The smallest absolute Gasteiger partial charge is 0.227 e. The third-order valence-corrected chi connectivity index (χ3v) is 5.15. The number of rotatable bonds is 5. The van der Waals surface area contributed by atoms with Gasteiger partial charge in [0, 0.05) is 25.6 Å². The molecule has 3 rings (SSSR count). The number of carbonyl (C=O) groups excluding carboxylic acids is 2. The lowest BCUT2D eigenvalue weighted by Crippen LogP contribution is -2.49. The van der Waals surface area contributed by atoms with E-state index in [9.17, 15) is 9.59 Å². The lowest BCUT2D eigenvalue weighted by molar-refractivity contribution is -0.134. The summed E-state index contributed by atoms with van der Waals surface area (Å²) >= 11 is 0. The Morgan fingerprint density at radius 2 is 1.90 bits per heavy atom. The summed E-state index contributed by atoms with van der Waals surface area (Å²) in [6, 6.07) is 0. The van der Waals surface area contributed by atoms with Gasteiger partial charge in [0.25, 0.3) is 0 Å². The number of nitrogens with one attached hydrogen (secondary N) is 3. The molecule has 1 heterocycles. The largest absolute Gasteiger partial charge is 0.354 e. The number of carbonyl (C=O) groups is 2. The van der Waals surface area contributed by atoms with Crippen molar-refractivity contribution in [1.29, 1.82) is 0 Å². The minimum Gasteiger partial charge on any atom is -0.354 e. The van der Waals surface area contributed by atoms with Gasteiger partial charge < -0.3 is 16.0 Å². The van der Waals surface area contributed by atoms with Gasteiger partial charge in [-0.15, -0.1) is 0 Å². The normalized spacial score (nSPS) is 32.5. The zero-order valence-corrected chi connectivity index (χ0v) is 12.0. The minimum absolute atomic E-state index is 0.149. The van der Waals surface area contributed by atoms with Gasteiger partial charge in [0.2, 0.25) is 11.8 Å². The Morgan fingerprint density at radius 1 is 1.10 bits per heavy atom. The van der Waals surface area contributed by atoms with Crippen molar-refractivity contribution in [3.05, 3.63) is 0 Å². The molecule has 2 atom stereocenters. The zero-order valence-electron chi connectivity index (χ0n) is 12.0. The fourth-order valence-corrected chi connectivity index (χ4v) is 3.72. The summed E-state index contributed by atoms with van der Waals surface area (Å²) in [5, 5.41) is 9.31. The van der Waals surface area contributed by atoms with Crippen molar-refractivity contribution in [1.82, 2.24) is 16.0 Å². The summed E-state index contributed by atoms with van der Waals surface area (Å²) in [7, 11) is 0.